The number of piperazine rings is 1. The zero-order valence-electron chi connectivity index (χ0n) is 15.2. The predicted molar refractivity (Wildman–Crippen MR) is 105 cm³/mol. The Balaban J connectivity index is 1.37. The third-order valence-corrected chi connectivity index (χ3v) is 5.23. The number of rotatable bonds is 6. The van der Waals surface area contributed by atoms with Gasteiger partial charge < -0.3 is 15.5 Å². The number of carbonyl (C=O) groups excluding carboxylic acids is 3. The maximum absolute atomic E-state index is 12.9. The van der Waals surface area contributed by atoms with E-state index in [0.29, 0.717) is 36.7 Å². The number of thiophene rings is 1. The number of hydrogen-bond acceptors (Lipinski definition) is 5. The van der Waals surface area contributed by atoms with Crippen LogP contribution in [0.15, 0.2) is 41.8 Å². The third-order valence-electron chi connectivity index (χ3n) is 4.37. The highest BCUT2D eigenvalue weighted by Gasteiger charge is 2.22. The van der Waals surface area contributed by atoms with Crippen LogP contribution in [0.3, 0.4) is 0 Å². The Morgan fingerprint density at radius 2 is 1.75 bits per heavy atom. The van der Waals surface area contributed by atoms with Crippen molar-refractivity contribution in [1.29, 1.82) is 0 Å². The molecule has 1 fully saturated rings. The summed E-state index contributed by atoms with van der Waals surface area (Å²) in [7, 11) is 0. The molecular formula is C19H21FN4O3S. The molecule has 2 N–H and O–H groups in total. The smallest absolute Gasteiger partial charge is 0.261 e. The van der Waals surface area contributed by atoms with E-state index in [1.807, 2.05) is 10.3 Å². The van der Waals surface area contributed by atoms with E-state index in [4.69, 9.17) is 0 Å². The molecule has 0 atom stereocenters. The summed E-state index contributed by atoms with van der Waals surface area (Å²) in [5, 5.41) is 7.16. The van der Waals surface area contributed by atoms with Crippen molar-refractivity contribution in [2.24, 2.45) is 0 Å². The molecule has 3 amide bonds. The van der Waals surface area contributed by atoms with Crippen molar-refractivity contribution in [3.63, 3.8) is 0 Å². The molecule has 0 aliphatic carbocycles. The van der Waals surface area contributed by atoms with Gasteiger partial charge in [0.2, 0.25) is 11.8 Å². The first kappa shape index (κ1) is 20.0. The van der Waals surface area contributed by atoms with Gasteiger partial charge >= 0.3 is 0 Å². The summed E-state index contributed by atoms with van der Waals surface area (Å²) in [6, 6.07) is 9.09. The van der Waals surface area contributed by atoms with Crippen molar-refractivity contribution in [2.45, 2.75) is 0 Å². The molecule has 0 unspecified atom stereocenters. The topological polar surface area (TPSA) is 81.8 Å². The molecule has 0 spiro atoms. The summed E-state index contributed by atoms with van der Waals surface area (Å²) in [6.07, 6.45) is 0. The van der Waals surface area contributed by atoms with Crippen molar-refractivity contribution in [1.82, 2.24) is 15.1 Å². The van der Waals surface area contributed by atoms with Crippen LogP contribution in [0.4, 0.5) is 10.1 Å². The Morgan fingerprint density at radius 1 is 1.04 bits per heavy atom. The van der Waals surface area contributed by atoms with E-state index in [0.717, 1.165) is 0 Å². The van der Waals surface area contributed by atoms with Gasteiger partial charge in [-0.3, -0.25) is 19.3 Å². The Hall–Kier alpha value is -2.78. The second-order valence-electron chi connectivity index (χ2n) is 6.37. The molecule has 1 aromatic heterocycles. The first-order valence-corrected chi connectivity index (χ1v) is 9.76. The molecule has 0 radical (unpaired) electrons. The van der Waals surface area contributed by atoms with Crippen LogP contribution in [0.25, 0.3) is 0 Å². The monoisotopic (exact) mass is 404 g/mol. The molecule has 1 aliphatic heterocycles. The Bertz CT molecular complexity index is 818. The number of carbonyl (C=O) groups is 3. The van der Waals surface area contributed by atoms with Gasteiger partial charge in [0.15, 0.2) is 0 Å². The highest BCUT2D eigenvalue weighted by molar-refractivity contribution is 7.12. The highest BCUT2D eigenvalue weighted by Crippen LogP contribution is 2.09. The maximum Gasteiger partial charge on any atom is 0.261 e. The van der Waals surface area contributed by atoms with Crippen LogP contribution in [0, 0.1) is 5.82 Å². The van der Waals surface area contributed by atoms with Crippen molar-refractivity contribution in [3.05, 3.63) is 52.5 Å². The third kappa shape index (κ3) is 5.61. The fraction of sp³-hybridized carbons (Fsp3) is 0.316. The van der Waals surface area contributed by atoms with Gasteiger partial charge in [-0.25, -0.2) is 4.39 Å². The van der Waals surface area contributed by atoms with Crippen LogP contribution >= 0.6 is 11.3 Å². The zero-order chi connectivity index (χ0) is 19.9. The summed E-state index contributed by atoms with van der Waals surface area (Å²) in [5.41, 5.74) is 0.543. The Morgan fingerprint density at radius 3 is 2.39 bits per heavy atom. The van der Waals surface area contributed by atoms with E-state index < -0.39 is 0 Å². The van der Waals surface area contributed by atoms with Crippen LogP contribution in [-0.4, -0.2) is 66.8 Å². The Labute approximate surface area is 166 Å². The molecule has 1 saturated heterocycles. The van der Waals surface area contributed by atoms with Gasteiger partial charge in [-0.05, 0) is 35.7 Å². The van der Waals surface area contributed by atoms with Crippen molar-refractivity contribution in [3.8, 4) is 0 Å². The second kappa shape index (κ2) is 9.43. The molecule has 1 aliphatic rings. The number of benzene rings is 1. The van der Waals surface area contributed by atoms with E-state index in [2.05, 4.69) is 10.6 Å². The lowest BCUT2D eigenvalue weighted by molar-refractivity contribution is -0.132. The van der Waals surface area contributed by atoms with Gasteiger partial charge in [-0.15, -0.1) is 11.3 Å². The van der Waals surface area contributed by atoms with Crippen LogP contribution in [0.1, 0.15) is 9.67 Å². The number of anilines is 1. The summed E-state index contributed by atoms with van der Waals surface area (Å²) >= 11 is 1.33. The number of nitrogens with one attached hydrogen (secondary N) is 2. The van der Waals surface area contributed by atoms with Crippen LogP contribution in [0.5, 0.6) is 0 Å². The molecule has 7 nitrogen and oxygen atoms in total. The number of amides is 3. The summed E-state index contributed by atoms with van der Waals surface area (Å²) in [5.74, 6) is -0.931. The Kier molecular flexibility index (Phi) is 6.72. The van der Waals surface area contributed by atoms with Gasteiger partial charge in [0.25, 0.3) is 5.91 Å². The van der Waals surface area contributed by atoms with Crippen LogP contribution < -0.4 is 10.6 Å². The van der Waals surface area contributed by atoms with E-state index in [9.17, 15) is 18.8 Å². The second-order valence-corrected chi connectivity index (χ2v) is 7.32. The SMILES string of the molecule is O=C(CN1CCN(C(=O)CNC(=O)c2cccs2)CC1)Nc1ccc(F)cc1. The predicted octanol–water partition coefficient (Wildman–Crippen LogP) is 1.40. The van der Waals surface area contributed by atoms with Gasteiger partial charge in [-0.2, -0.15) is 0 Å². The molecule has 0 saturated carbocycles. The lowest BCUT2D eigenvalue weighted by atomic mass is 10.3. The molecule has 148 valence electrons. The van der Waals surface area contributed by atoms with E-state index in [-0.39, 0.29) is 36.6 Å². The lowest BCUT2D eigenvalue weighted by Crippen LogP contribution is -2.52. The fourth-order valence-electron chi connectivity index (χ4n) is 2.85. The molecule has 2 heterocycles. The maximum atomic E-state index is 12.9. The lowest BCUT2D eigenvalue weighted by Gasteiger charge is -2.34. The fourth-order valence-corrected chi connectivity index (χ4v) is 3.49. The summed E-state index contributed by atoms with van der Waals surface area (Å²) in [4.78, 5) is 40.5. The number of halogens is 1. The number of nitrogens with zero attached hydrogens (tertiary/aromatic N) is 2. The largest absolute Gasteiger partial charge is 0.342 e. The summed E-state index contributed by atoms with van der Waals surface area (Å²) < 4.78 is 12.9. The molecular weight excluding hydrogens is 383 g/mol. The van der Waals surface area contributed by atoms with E-state index in [1.54, 1.807) is 17.0 Å². The first-order valence-electron chi connectivity index (χ1n) is 8.88. The van der Waals surface area contributed by atoms with Crippen LogP contribution in [-0.2, 0) is 9.59 Å². The average Bonchev–Trinajstić information content (AvgIpc) is 3.23. The van der Waals surface area contributed by atoms with E-state index in [1.165, 1.54) is 35.6 Å². The average molecular weight is 404 g/mol. The zero-order valence-corrected chi connectivity index (χ0v) is 16.0. The van der Waals surface area contributed by atoms with Gasteiger partial charge in [0.1, 0.15) is 5.82 Å². The molecule has 0 bridgehead atoms. The first-order chi connectivity index (χ1) is 13.5. The molecule has 28 heavy (non-hydrogen) atoms. The minimum Gasteiger partial charge on any atom is -0.342 e. The minimum absolute atomic E-state index is 0.0399. The van der Waals surface area contributed by atoms with Crippen LogP contribution in [0.2, 0.25) is 0 Å². The molecule has 2 aromatic rings. The van der Waals surface area contributed by atoms with E-state index >= 15 is 0 Å². The summed E-state index contributed by atoms with van der Waals surface area (Å²) in [6.45, 7) is 2.30. The molecule has 9 heteroatoms. The number of hydrogen-bond donors (Lipinski definition) is 2. The quantitative estimate of drug-likeness (QED) is 0.763. The minimum atomic E-state index is -0.356. The highest BCUT2D eigenvalue weighted by atomic mass is 32.1. The molecule has 1 aromatic carbocycles. The standard InChI is InChI=1S/C19H21FN4O3S/c20-14-3-5-15(6-4-14)22-17(25)13-23-7-9-24(10-8-23)18(26)12-21-19(27)16-2-1-11-28-16/h1-6,11H,7-10,12-13H2,(H,21,27)(H,22,25). The van der Waals surface area contributed by atoms with Crippen molar-refractivity contribution < 1.29 is 18.8 Å². The van der Waals surface area contributed by atoms with Gasteiger partial charge in [-0.1, -0.05) is 6.07 Å². The van der Waals surface area contributed by atoms with Gasteiger partial charge in [0.05, 0.1) is 18.0 Å². The van der Waals surface area contributed by atoms with Crippen molar-refractivity contribution >= 4 is 34.7 Å². The van der Waals surface area contributed by atoms with Crippen molar-refractivity contribution in [2.75, 3.05) is 44.6 Å². The normalized spacial score (nSPS) is 14.5. The molecule has 3 rings (SSSR count). The van der Waals surface area contributed by atoms with Gasteiger partial charge in [0, 0.05) is 31.9 Å².